The Hall–Kier alpha value is -3.30. The highest BCUT2D eigenvalue weighted by molar-refractivity contribution is 5.96. The molecule has 0 aliphatic rings. The number of aliphatic hydroxyl groups excluding tert-OH is 1. The van der Waals surface area contributed by atoms with Gasteiger partial charge in [0.05, 0.1) is 25.0 Å². The zero-order chi connectivity index (χ0) is 25.7. The van der Waals surface area contributed by atoms with Crippen molar-refractivity contribution in [1.82, 2.24) is 16.0 Å². The third-order valence-electron chi connectivity index (χ3n) is 4.40. The SMILES string of the molecule is CC(O)C(NC(=O)C(CC(N)=O)NC(=O)C(N)CCCCN)C(=O)NC(CC(=O)O)C(=O)O. The number of carboxylic acid groups (broad SMARTS) is 2. The van der Waals surface area contributed by atoms with E-state index in [0.717, 1.165) is 6.92 Å². The largest absolute Gasteiger partial charge is 0.481 e. The van der Waals surface area contributed by atoms with Crippen LogP contribution in [0.15, 0.2) is 0 Å². The van der Waals surface area contributed by atoms with E-state index in [1.807, 2.05) is 5.32 Å². The molecule has 0 aromatic rings. The minimum absolute atomic E-state index is 0.257. The van der Waals surface area contributed by atoms with E-state index in [1.54, 1.807) is 0 Å². The van der Waals surface area contributed by atoms with Crippen molar-refractivity contribution < 1.29 is 44.1 Å². The van der Waals surface area contributed by atoms with Crippen molar-refractivity contribution in [3.05, 3.63) is 0 Å². The van der Waals surface area contributed by atoms with Gasteiger partial charge in [-0.2, -0.15) is 0 Å². The number of primary amides is 1. The Morgan fingerprint density at radius 1 is 0.848 bits per heavy atom. The van der Waals surface area contributed by atoms with Gasteiger partial charge < -0.3 is 48.5 Å². The standard InChI is InChI=1S/C18H32N6O9/c1-8(25)14(17(31)23-11(18(32)33)7-13(27)28)24-16(30)10(6-12(21)26)22-15(29)9(20)4-2-3-5-19/h8-11,14,25H,2-7,19-20H2,1H3,(H2,21,26)(H,22,29)(H,23,31)(H,24,30)(H,27,28)(H,32,33). The molecule has 0 radical (unpaired) electrons. The van der Waals surface area contributed by atoms with E-state index in [2.05, 4.69) is 10.6 Å². The number of rotatable bonds is 16. The number of aliphatic hydroxyl groups is 1. The van der Waals surface area contributed by atoms with Crippen LogP contribution >= 0.6 is 0 Å². The minimum atomic E-state index is -1.83. The average molecular weight is 476 g/mol. The normalized spacial score (nSPS) is 15.3. The number of carbonyl (C=O) groups is 6. The fourth-order valence-electron chi connectivity index (χ4n) is 2.62. The summed E-state index contributed by atoms with van der Waals surface area (Å²) in [5.41, 5.74) is 16.2. The van der Waals surface area contributed by atoms with Crippen LogP contribution in [0.4, 0.5) is 0 Å². The molecular formula is C18H32N6O9. The van der Waals surface area contributed by atoms with Crippen molar-refractivity contribution in [2.75, 3.05) is 6.54 Å². The van der Waals surface area contributed by atoms with Gasteiger partial charge in [0.1, 0.15) is 18.1 Å². The van der Waals surface area contributed by atoms with Crippen molar-refractivity contribution >= 4 is 35.6 Å². The van der Waals surface area contributed by atoms with Crippen molar-refractivity contribution in [3.63, 3.8) is 0 Å². The molecule has 4 amide bonds. The van der Waals surface area contributed by atoms with Crippen LogP contribution in [-0.2, 0) is 28.8 Å². The van der Waals surface area contributed by atoms with Crippen LogP contribution in [0.5, 0.6) is 0 Å². The van der Waals surface area contributed by atoms with Crippen LogP contribution in [0.3, 0.4) is 0 Å². The van der Waals surface area contributed by atoms with Gasteiger partial charge in [-0.25, -0.2) is 4.79 Å². The fourth-order valence-corrected chi connectivity index (χ4v) is 2.62. The number of amides is 4. The van der Waals surface area contributed by atoms with Crippen LogP contribution < -0.4 is 33.2 Å². The second-order valence-corrected chi connectivity index (χ2v) is 7.35. The topological polar surface area (TPSA) is 277 Å². The maximum atomic E-state index is 12.6. The quantitative estimate of drug-likeness (QED) is 0.0960. The first kappa shape index (κ1) is 29.7. The summed E-state index contributed by atoms with van der Waals surface area (Å²) in [4.78, 5) is 70.5. The summed E-state index contributed by atoms with van der Waals surface area (Å²) in [6, 6.07) is -6.12. The molecule has 0 aromatic carbocycles. The number of nitrogens with two attached hydrogens (primary N) is 3. The van der Waals surface area contributed by atoms with E-state index >= 15 is 0 Å². The second-order valence-electron chi connectivity index (χ2n) is 7.35. The summed E-state index contributed by atoms with van der Waals surface area (Å²) in [6.45, 7) is 1.51. The first-order valence-corrected chi connectivity index (χ1v) is 10.1. The van der Waals surface area contributed by atoms with Gasteiger partial charge in [0.25, 0.3) is 0 Å². The Bertz CT molecular complexity index is 730. The molecule has 0 saturated heterocycles. The molecule has 5 unspecified atom stereocenters. The molecule has 0 aromatic heterocycles. The van der Waals surface area contributed by atoms with Crippen molar-refractivity contribution in [2.24, 2.45) is 17.2 Å². The highest BCUT2D eigenvalue weighted by atomic mass is 16.4. The Morgan fingerprint density at radius 3 is 1.88 bits per heavy atom. The fraction of sp³-hybridized carbons (Fsp3) is 0.667. The molecule has 0 spiro atoms. The third-order valence-corrected chi connectivity index (χ3v) is 4.40. The van der Waals surface area contributed by atoms with Crippen molar-refractivity contribution in [2.45, 2.75) is 69.3 Å². The molecule has 12 N–H and O–H groups in total. The zero-order valence-corrected chi connectivity index (χ0v) is 18.2. The third kappa shape index (κ3) is 11.8. The lowest BCUT2D eigenvalue weighted by Gasteiger charge is -2.26. The molecular weight excluding hydrogens is 444 g/mol. The summed E-state index contributed by atoms with van der Waals surface area (Å²) in [5, 5.41) is 33.9. The first-order chi connectivity index (χ1) is 15.3. The maximum absolute atomic E-state index is 12.6. The zero-order valence-electron chi connectivity index (χ0n) is 18.2. The van der Waals surface area contributed by atoms with Crippen LogP contribution in [0.25, 0.3) is 0 Å². The van der Waals surface area contributed by atoms with E-state index in [4.69, 9.17) is 27.4 Å². The van der Waals surface area contributed by atoms with Gasteiger partial charge in [-0.1, -0.05) is 6.42 Å². The summed E-state index contributed by atoms with van der Waals surface area (Å²) >= 11 is 0. The summed E-state index contributed by atoms with van der Waals surface area (Å²) in [5.74, 6) is -7.16. The van der Waals surface area contributed by atoms with Crippen molar-refractivity contribution in [3.8, 4) is 0 Å². The summed E-state index contributed by atoms with van der Waals surface area (Å²) in [7, 11) is 0. The Kier molecular flexibility index (Phi) is 13.2. The lowest BCUT2D eigenvalue weighted by atomic mass is 10.1. The lowest BCUT2D eigenvalue weighted by Crippen LogP contribution is -2.60. The number of hydrogen-bond acceptors (Lipinski definition) is 9. The molecule has 0 rings (SSSR count). The number of nitrogens with one attached hydrogen (secondary N) is 3. The van der Waals surface area contributed by atoms with E-state index in [0.29, 0.717) is 19.4 Å². The van der Waals surface area contributed by atoms with E-state index in [-0.39, 0.29) is 6.42 Å². The van der Waals surface area contributed by atoms with Crippen LogP contribution in [0, 0.1) is 0 Å². The van der Waals surface area contributed by atoms with Crippen LogP contribution in [0.1, 0.15) is 39.0 Å². The van der Waals surface area contributed by atoms with Gasteiger partial charge in [0, 0.05) is 0 Å². The lowest BCUT2D eigenvalue weighted by molar-refractivity contribution is -0.148. The molecule has 188 valence electrons. The number of aliphatic carboxylic acids is 2. The average Bonchev–Trinajstić information content (AvgIpc) is 2.69. The van der Waals surface area contributed by atoms with E-state index in [1.165, 1.54) is 0 Å². The molecule has 0 saturated carbocycles. The monoisotopic (exact) mass is 476 g/mol. The Labute approximate surface area is 189 Å². The molecule has 15 heteroatoms. The molecule has 0 aliphatic heterocycles. The number of carboxylic acids is 2. The van der Waals surface area contributed by atoms with Crippen LogP contribution in [-0.4, -0.2) is 87.7 Å². The predicted octanol–water partition coefficient (Wildman–Crippen LogP) is -4.29. The minimum Gasteiger partial charge on any atom is -0.481 e. The molecule has 5 atom stereocenters. The second kappa shape index (κ2) is 14.7. The number of unbranched alkanes of at least 4 members (excludes halogenated alkanes) is 1. The Balaban J connectivity index is 5.38. The molecule has 33 heavy (non-hydrogen) atoms. The van der Waals surface area contributed by atoms with Gasteiger partial charge in [-0.15, -0.1) is 0 Å². The summed E-state index contributed by atoms with van der Waals surface area (Å²) < 4.78 is 0. The maximum Gasteiger partial charge on any atom is 0.326 e. The number of hydrogen-bond donors (Lipinski definition) is 9. The molecule has 0 bridgehead atoms. The summed E-state index contributed by atoms with van der Waals surface area (Å²) in [6.07, 6.45) is -1.74. The first-order valence-electron chi connectivity index (χ1n) is 10.1. The number of carbonyl (C=O) groups excluding carboxylic acids is 4. The molecule has 0 heterocycles. The predicted molar refractivity (Wildman–Crippen MR) is 112 cm³/mol. The highest BCUT2D eigenvalue weighted by Crippen LogP contribution is 2.03. The van der Waals surface area contributed by atoms with Gasteiger partial charge in [0.2, 0.25) is 23.6 Å². The highest BCUT2D eigenvalue weighted by Gasteiger charge is 2.33. The smallest absolute Gasteiger partial charge is 0.326 e. The van der Waals surface area contributed by atoms with E-state index < -0.39 is 78.7 Å². The molecule has 0 fully saturated rings. The van der Waals surface area contributed by atoms with Crippen LogP contribution in [0.2, 0.25) is 0 Å². The van der Waals surface area contributed by atoms with E-state index in [9.17, 15) is 33.9 Å². The molecule has 0 aliphatic carbocycles. The Morgan fingerprint density at radius 2 is 1.42 bits per heavy atom. The van der Waals surface area contributed by atoms with Gasteiger partial charge in [0.15, 0.2) is 0 Å². The van der Waals surface area contributed by atoms with Crippen molar-refractivity contribution in [1.29, 1.82) is 0 Å². The van der Waals surface area contributed by atoms with Gasteiger partial charge >= 0.3 is 11.9 Å². The molecule has 15 nitrogen and oxygen atoms in total. The van der Waals surface area contributed by atoms with Gasteiger partial charge in [-0.05, 0) is 26.3 Å². The van der Waals surface area contributed by atoms with Gasteiger partial charge in [-0.3, -0.25) is 24.0 Å².